The number of carboxylic acid groups (broad SMARTS) is 1. The number of likely N-dealkylation sites (N-methyl/N-ethyl adjacent to an activating group) is 1. The topological polar surface area (TPSA) is 83.6 Å². The zero-order valence-electron chi connectivity index (χ0n) is 17.7. The van der Waals surface area contributed by atoms with E-state index in [4.69, 9.17) is 21.1 Å². The highest BCUT2D eigenvalue weighted by molar-refractivity contribution is 6.35. The number of halogens is 2. The maximum atomic E-state index is 13.1. The summed E-state index contributed by atoms with van der Waals surface area (Å²) < 4.78 is 18.9. The van der Waals surface area contributed by atoms with Gasteiger partial charge in [0.15, 0.2) is 11.4 Å². The summed E-state index contributed by atoms with van der Waals surface area (Å²) in [4.78, 5) is 29.5. The van der Waals surface area contributed by atoms with Crippen molar-refractivity contribution in [3.8, 4) is 11.3 Å². The van der Waals surface area contributed by atoms with Gasteiger partial charge in [-0.3, -0.25) is 9.78 Å². The second-order valence-electron chi connectivity index (χ2n) is 7.47. The number of hydrogen-bond acceptors (Lipinski definition) is 4. The molecule has 0 saturated heterocycles. The van der Waals surface area contributed by atoms with E-state index in [0.29, 0.717) is 52.7 Å². The van der Waals surface area contributed by atoms with Crippen LogP contribution in [0.4, 0.5) is 9.18 Å². The van der Waals surface area contributed by atoms with Crippen LogP contribution < -0.4 is 0 Å². The molecule has 1 N–H and O–H groups in total. The third-order valence-corrected chi connectivity index (χ3v) is 5.61. The molecule has 2 aromatic carbocycles. The van der Waals surface area contributed by atoms with Crippen molar-refractivity contribution in [3.05, 3.63) is 88.5 Å². The molecule has 4 rings (SSSR count). The summed E-state index contributed by atoms with van der Waals surface area (Å²) in [6.07, 6.45) is 0.936. The molecular formula is C25H20ClFN2O4. The highest BCUT2D eigenvalue weighted by Crippen LogP contribution is 2.32. The van der Waals surface area contributed by atoms with Gasteiger partial charge in [-0.25, -0.2) is 9.18 Å². The second kappa shape index (κ2) is 9.42. The molecule has 0 aliphatic heterocycles. The molecule has 0 saturated carbocycles. The lowest BCUT2D eigenvalue weighted by atomic mass is 10.0. The highest BCUT2D eigenvalue weighted by atomic mass is 35.5. The van der Waals surface area contributed by atoms with Crippen LogP contribution in [0, 0.1) is 5.82 Å². The van der Waals surface area contributed by atoms with Crippen molar-refractivity contribution >= 4 is 34.4 Å². The number of nitrogens with zero attached hydrogens (tertiary/aromatic N) is 2. The molecule has 0 fully saturated rings. The van der Waals surface area contributed by atoms with Crippen LogP contribution in [0.25, 0.3) is 22.2 Å². The molecule has 0 aliphatic rings. The Morgan fingerprint density at radius 2 is 1.82 bits per heavy atom. The quantitative estimate of drug-likeness (QED) is 0.335. The molecule has 8 heteroatoms. The molecule has 6 nitrogen and oxygen atoms in total. The Balaban J connectivity index is 1.56. The van der Waals surface area contributed by atoms with Crippen LogP contribution in [0.15, 0.2) is 65.2 Å². The Morgan fingerprint density at radius 3 is 2.45 bits per heavy atom. The van der Waals surface area contributed by atoms with Crippen molar-refractivity contribution in [2.24, 2.45) is 0 Å². The fourth-order valence-electron chi connectivity index (χ4n) is 3.54. The molecular weight excluding hydrogens is 447 g/mol. The number of hydrogen-bond donors (Lipinski definition) is 1. The maximum absolute atomic E-state index is 13.1. The van der Waals surface area contributed by atoms with Crippen LogP contribution in [-0.4, -0.2) is 40.0 Å². The summed E-state index contributed by atoms with van der Waals surface area (Å²) in [6, 6.07) is 14.2. The van der Waals surface area contributed by atoms with Crippen molar-refractivity contribution in [2.75, 3.05) is 13.1 Å². The fraction of sp³-hybridized carbons (Fsp3) is 0.160. The first-order chi connectivity index (χ1) is 15.9. The van der Waals surface area contributed by atoms with Crippen LogP contribution >= 0.6 is 11.6 Å². The first-order valence-electron chi connectivity index (χ1n) is 10.3. The molecule has 0 unspecified atom stereocenters. The van der Waals surface area contributed by atoms with Crippen molar-refractivity contribution in [2.45, 2.75) is 13.3 Å². The maximum Gasteiger partial charge on any atom is 0.407 e. The van der Waals surface area contributed by atoms with Gasteiger partial charge in [-0.05, 0) is 61.5 Å². The van der Waals surface area contributed by atoms with E-state index in [-0.39, 0.29) is 5.78 Å². The number of carbonyl (C=O) groups excluding carboxylic acids is 1. The Labute approximate surface area is 194 Å². The van der Waals surface area contributed by atoms with Gasteiger partial charge in [0, 0.05) is 47.8 Å². The normalized spacial score (nSPS) is 11.0. The molecule has 0 spiro atoms. The lowest BCUT2D eigenvalue weighted by molar-refractivity contribution is 0.103. The minimum atomic E-state index is -0.971. The summed E-state index contributed by atoms with van der Waals surface area (Å²) in [5, 5.41) is 10.3. The Kier molecular flexibility index (Phi) is 6.42. The van der Waals surface area contributed by atoms with Gasteiger partial charge in [-0.2, -0.15) is 0 Å². The molecule has 0 radical (unpaired) electrons. The smallest absolute Gasteiger partial charge is 0.407 e. The minimum absolute atomic E-state index is 0.246. The third kappa shape index (κ3) is 4.88. The fourth-order valence-corrected chi connectivity index (χ4v) is 3.80. The first kappa shape index (κ1) is 22.5. The summed E-state index contributed by atoms with van der Waals surface area (Å²) in [5.74, 6) is -0.0132. The molecule has 4 aromatic rings. The van der Waals surface area contributed by atoms with E-state index >= 15 is 0 Å². The monoisotopic (exact) mass is 466 g/mol. The van der Waals surface area contributed by atoms with E-state index in [2.05, 4.69) is 4.98 Å². The number of fused-ring (bicyclic) bond motifs is 1. The Hall–Kier alpha value is -3.71. The van der Waals surface area contributed by atoms with Crippen molar-refractivity contribution < 1.29 is 23.5 Å². The van der Waals surface area contributed by atoms with Gasteiger partial charge < -0.3 is 14.4 Å². The number of amides is 1. The minimum Gasteiger partial charge on any atom is -0.465 e. The average Bonchev–Trinajstić information content (AvgIpc) is 3.23. The zero-order chi connectivity index (χ0) is 23.5. The molecule has 168 valence electrons. The van der Waals surface area contributed by atoms with Crippen molar-refractivity contribution in [1.82, 2.24) is 9.88 Å². The van der Waals surface area contributed by atoms with Crippen molar-refractivity contribution in [1.29, 1.82) is 0 Å². The second-order valence-corrected chi connectivity index (χ2v) is 7.88. The number of benzene rings is 2. The third-order valence-electron chi connectivity index (χ3n) is 5.33. The van der Waals surface area contributed by atoms with Crippen LogP contribution in [0.1, 0.15) is 28.6 Å². The standard InChI is InChI=1S/C25H20ClFN2O4/c1-2-29(25(31)32)10-9-20-12-18-11-17(13-21(26)24(18)33-20)22-8-5-16(14-28-22)23(30)15-3-6-19(27)7-4-15/h3-8,11-14H,2,9-10H2,1H3,(H,31,32). The molecule has 0 bridgehead atoms. The van der Waals surface area contributed by atoms with Gasteiger partial charge in [0.2, 0.25) is 0 Å². The summed E-state index contributed by atoms with van der Waals surface area (Å²) in [7, 11) is 0. The zero-order valence-corrected chi connectivity index (χ0v) is 18.5. The Bertz CT molecular complexity index is 1320. The number of furan rings is 1. The molecule has 0 atom stereocenters. The lowest BCUT2D eigenvalue weighted by Gasteiger charge is -2.15. The number of ketones is 1. The summed E-state index contributed by atoms with van der Waals surface area (Å²) in [5.41, 5.74) is 2.67. The molecule has 2 heterocycles. The molecule has 33 heavy (non-hydrogen) atoms. The Morgan fingerprint density at radius 1 is 1.09 bits per heavy atom. The van der Waals surface area contributed by atoms with Crippen molar-refractivity contribution in [3.63, 3.8) is 0 Å². The molecule has 0 aliphatic carbocycles. The van der Waals surface area contributed by atoms with E-state index in [0.717, 1.165) is 10.9 Å². The average molecular weight is 467 g/mol. The number of pyridine rings is 1. The lowest BCUT2D eigenvalue weighted by Crippen LogP contribution is -2.31. The van der Waals surface area contributed by atoms with E-state index in [9.17, 15) is 14.0 Å². The van der Waals surface area contributed by atoms with Gasteiger partial charge in [-0.1, -0.05) is 11.6 Å². The van der Waals surface area contributed by atoms with E-state index in [1.54, 1.807) is 25.1 Å². The summed E-state index contributed by atoms with van der Waals surface area (Å²) in [6.45, 7) is 2.49. The first-order valence-corrected chi connectivity index (χ1v) is 10.7. The largest absolute Gasteiger partial charge is 0.465 e. The van der Waals surface area contributed by atoms with Gasteiger partial charge >= 0.3 is 6.09 Å². The molecule has 2 aromatic heterocycles. The van der Waals surface area contributed by atoms with Gasteiger partial charge in [-0.15, -0.1) is 0 Å². The van der Waals surface area contributed by atoms with E-state index in [1.165, 1.54) is 35.4 Å². The van der Waals surface area contributed by atoms with E-state index < -0.39 is 11.9 Å². The van der Waals surface area contributed by atoms with Crippen LogP contribution in [-0.2, 0) is 6.42 Å². The SMILES string of the molecule is CCN(CCc1cc2cc(-c3ccc(C(=O)c4ccc(F)cc4)cn3)cc(Cl)c2o1)C(=O)O. The number of carbonyl (C=O) groups is 2. The predicted molar refractivity (Wildman–Crippen MR) is 123 cm³/mol. The van der Waals surface area contributed by atoms with E-state index in [1.807, 2.05) is 12.1 Å². The van der Waals surface area contributed by atoms with Crippen LogP contribution in [0.3, 0.4) is 0 Å². The van der Waals surface area contributed by atoms with Gasteiger partial charge in [0.05, 0.1) is 10.7 Å². The van der Waals surface area contributed by atoms with Crippen LogP contribution in [0.5, 0.6) is 0 Å². The van der Waals surface area contributed by atoms with Crippen LogP contribution in [0.2, 0.25) is 5.02 Å². The van der Waals surface area contributed by atoms with Gasteiger partial charge in [0.25, 0.3) is 0 Å². The van der Waals surface area contributed by atoms with Gasteiger partial charge in [0.1, 0.15) is 11.6 Å². The molecule has 1 amide bonds. The number of aromatic nitrogens is 1. The summed E-state index contributed by atoms with van der Waals surface area (Å²) >= 11 is 6.43. The predicted octanol–water partition coefficient (Wildman–Crippen LogP) is 6.06. The number of rotatable bonds is 7. The highest BCUT2D eigenvalue weighted by Gasteiger charge is 2.15.